The molecule has 0 saturated heterocycles. The van der Waals surface area contributed by atoms with Crippen molar-refractivity contribution in [2.45, 2.75) is 79.1 Å². The van der Waals surface area contributed by atoms with Crippen molar-refractivity contribution in [1.29, 1.82) is 0 Å². The predicted molar refractivity (Wildman–Crippen MR) is 81.9 cm³/mol. The van der Waals surface area contributed by atoms with E-state index in [1.54, 1.807) is 0 Å². The van der Waals surface area contributed by atoms with Gasteiger partial charge in [0, 0.05) is 0 Å². The van der Waals surface area contributed by atoms with E-state index in [4.69, 9.17) is 0 Å². The van der Waals surface area contributed by atoms with Crippen LogP contribution in [0.15, 0.2) is 0 Å². The van der Waals surface area contributed by atoms with Crippen molar-refractivity contribution in [2.75, 3.05) is 13.1 Å². The third kappa shape index (κ3) is 5.73. The molecule has 0 aromatic carbocycles. The van der Waals surface area contributed by atoms with Crippen LogP contribution in [0.1, 0.15) is 79.1 Å². The van der Waals surface area contributed by atoms with Gasteiger partial charge in [-0.15, -0.1) is 0 Å². The Kier molecular flexibility index (Phi) is 7.29. The molecule has 1 aliphatic rings. The molecule has 0 radical (unpaired) electrons. The highest BCUT2D eigenvalue weighted by molar-refractivity contribution is 4.85. The molecule has 2 unspecified atom stereocenters. The first kappa shape index (κ1) is 16.0. The molecule has 108 valence electrons. The fourth-order valence-corrected chi connectivity index (χ4v) is 3.52. The van der Waals surface area contributed by atoms with E-state index in [9.17, 15) is 0 Å². The first-order chi connectivity index (χ1) is 8.59. The number of rotatable bonds is 8. The molecule has 0 aromatic rings. The molecule has 0 aromatic heterocycles. The molecule has 18 heavy (non-hydrogen) atoms. The van der Waals surface area contributed by atoms with Crippen LogP contribution in [0.2, 0.25) is 0 Å². The minimum Gasteiger partial charge on any atom is -0.316 e. The summed E-state index contributed by atoms with van der Waals surface area (Å²) in [6.07, 6.45) is 11.3. The molecule has 1 fully saturated rings. The number of unbranched alkanes of at least 4 members (excludes halogenated alkanes) is 2. The van der Waals surface area contributed by atoms with Gasteiger partial charge in [0.2, 0.25) is 0 Å². The minimum absolute atomic E-state index is 0.595. The second-order valence-corrected chi connectivity index (χ2v) is 7.13. The summed E-state index contributed by atoms with van der Waals surface area (Å²) in [6, 6.07) is 0. The second-order valence-electron chi connectivity index (χ2n) is 7.13. The molecule has 1 N–H and O–H groups in total. The minimum atomic E-state index is 0.595. The second kappa shape index (κ2) is 8.19. The lowest BCUT2D eigenvalue weighted by Gasteiger charge is -2.41. The van der Waals surface area contributed by atoms with Gasteiger partial charge in [0.15, 0.2) is 0 Å². The van der Waals surface area contributed by atoms with Crippen LogP contribution in [0.4, 0.5) is 0 Å². The molecule has 1 nitrogen and oxygen atoms in total. The van der Waals surface area contributed by atoms with Crippen LogP contribution in [-0.4, -0.2) is 13.1 Å². The molecule has 0 spiro atoms. The largest absolute Gasteiger partial charge is 0.316 e. The molecule has 1 heteroatoms. The van der Waals surface area contributed by atoms with E-state index in [-0.39, 0.29) is 0 Å². The lowest BCUT2D eigenvalue weighted by molar-refractivity contribution is 0.108. The molecule has 0 heterocycles. The zero-order valence-corrected chi connectivity index (χ0v) is 13.2. The highest BCUT2D eigenvalue weighted by atomic mass is 14.9. The third-order valence-electron chi connectivity index (χ3n) is 4.69. The van der Waals surface area contributed by atoms with Crippen LogP contribution in [0.5, 0.6) is 0 Å². The highest BCUT2D eigenvalue weighted by Crippen LogP contribution is 2.43. The van der Waals surface area contributed by atoms with Crippen LogP contribution >= 0.6 is 0 Å². The van der Waals surface area contributed by atoms with Crippen LogP contribution in [0.25, 0.3) is 0 Å². The van der Waals surface area contributed by atoms with E-state index in [0.717, 1.165) is 11.8 Å². The molecule has 0 aliphatic heterocycles. The van der Waals surface area contributed by atoms with Gasteiger partial charge >= 0.3 is 0 Å². The van der Waals surface area contributed by atoms with Gasteiger partial charge in [0.25, 0.3) is 0 Å². The van der Waals surface area contributed by atoms with Crippen LogP contribution < -0.4 is 5.32 Å². The van der Waals surface area contributed by atoms with Gasteiger partial charge < -0.3 is 5.32 Å². The van der Waals surface area contributed by atoms with E-state index < -0.39 is 0 Å². The summed E-state index contributed by atoms with van der Waals surface area (Å²) in [5.74, 6) is 1.92. The summed E-state index contributed by atoms with van der Waals surface area (Å²) < 4.78 is 0. The summed E-state index contributed by atoms with van der Waals surface area (Å²) >= 11 is 0. The first-order valence-electron chi connectivity index (χ1n) is 8.29. The Morgan fingerprint density at radius 1 is 1.06 bits per heavy atom. The fourth-order valence-electron chi connectivity index (χ4n) is 3.52. The maximum Gasteiger partial charge on any atom is -0.00179 e. The SMILES string of the molecule is CCCCCC1CC(C)(C)CCC1CNCCC. The summed E-state index contributed by atoms with van der Waals surface area (Å²) in [5.41, 5.74) is 0.595. The molecule has 1 rings (SSSR count). The molecule has 2 atom stereocenters. The van der Waals surface area contributed by atoms with E-state index in [0.29, 0.717) is 5.41 Å². The Bertz CT molecular complexity index is 210. The maximum absolute atomic E-state index is 3.65. The van der Waals surface area contributed by atoms with Gasteiger partial charge in [-0.3, -0.25) is 0 Å². The van der Waals surface area contributed by atoms with Gasteiger partial charge in [0.05, 0.1) is 0 Å². The number of hydrogen-bond acceptors (Lipinski definition) is 1. The van der Waals surface area contributed by atoms with E-state index in [2.05, 4.69) is 33.0 Å². The summed E-state index contributed by atoms with van der Waals surface area (Å²) in [7, 11) is 0. The third-order valence-corrected chi connectivity index (χ3v) is 4.69. The van der Waals surface area contributed by atoms with Gasteiger partial charge in [0.1, 0.15) is 0 Å². The van der Waals surface area contributed by atoms with E-state index >= 15 is 0 Å². The Hall–Kier alpha value is -0.0400. The smallest absolute Gasteiger partial charge is 0.00179 e. The van der Waals surface area contributed by atoms with Crippen molar-refractivity contribution in [3.63, 3.8) is 0 Å². The van der Waals surface area contributed by atoms with Crippen LogP contribution in [0, 0.1) is 17.3 Å². The first-order valence-corrected chi connectivity index (χ1v) is 8.29. The zero-order valence-electron chi connectivity index (χ0n) is 13.2. The van der Waals surface area contributed by atoms with Gasteiger partial charge in [-0.25, -0.2) is 0 Å². The highest BCUT2D eigenvalue weighted by Gasteiger charge is 2.33. The molecule has 0 bridgehead atoms. The van der Waals surface area contributed by atoms with E-state index in [1.165, 1.54) is 64.5 Å². The van der Waals surface area contributed by atoms with Crippen molar-refractivity contribution >= 4 is 0 Å². The Morgan fingerprint density at radius 3 is 2.50 bits per heavy atom. The van der Waals surface area contributed by atoms with Crippen molar-refractivity contribution in [3.05, 3.63) is 0 Å². The van der Waals surface area contributed by atoms with Crippen molar-refractivity contribution in [1.82, 2.24) is 5.32 Å². The Balaban J connectivity index is 2.40. The molecule has 0 amide bonds. The van der Waals surface area contributed by atoms with Crippen LogP contribution in [0.3, 0.4) is 0 Å². The molecule has 1 aliphatic carbocycles. The fraction of sp³-hybridized carbons (Fsp3) is 1.00. The molecule has 1 saturated carbocycles. The Labute approximate surface area is 115 Å². The number of nitrogens with one attached hydrogen (secondary N) is 1. The summed E-state index contributed by atoms with van der Waals surface area (Å²) in [6.45, 7) is 12.0. The normalized spacial score (nSPS) is 27.3. The monoisotopic (exact) mass is 253 g/mol. The van der Waals surface area contributed by atoms with Gasteiger partial charge in [-0.05, 0) is 56.0 Å². The maximum atomic E-state index is 3.65. The average molecular weight is 253 g/mol. The molecular formula is C17H35N. The summed E-state index contributed by atoms with van der Waals surface area (Å²) in [5, 5.41) is 3.65. The lowest BCUT2D eigenvalue weighted by atomic mass is 9.66. The number of hydrogen-bond donors (Lipinski definition) is 1. The topological polar surface area (TPSA) is 12.0 Å². The molecular weight excluding hydrogens is 218 g/mol. The van der Waals surface area contributed by atoms with Crippen molar-refractivity contribution in [2.24, 2.45) is 17.3 Å². The van der Waals surface area contributed by atoms with Crippen molar-refractivity contribution in [3.8, 4) is 0 Å². The van der Waals surface area contributed by atoms with Crippen LogP contribution in [-0.2, 0) is 0 Å². The standard InChI is InChI=1S/C17H35N/c1-5-7-8-9-15-13-17(3,4)11-10-16(15)14-18-12-6-2/h15-16,18H,5-14H2,1-4H3. The van der Waals surface area contributed by atoms with E-state index in [1.807, 2.05) is 0 Å². The van der Waals surface area contributed by atoms with Crippen molar-refractivity contribution < 1.29 is 0 Å². The zero-order chi connectivity index (χ0) is 13.4. The summed E-state index contributed by atoms with van der Waals surface area (Å²) in [4.78, 5) is 0. The van der Waals surface area contributed by atoms with Gasteiger partial charge in [-0.1, -0.05) is 53.4 Å². The quantitative estimate of drug-likeness (QED) is 0.600. The Morgan fingerprint density at radius 2 is 1.83 bits per heavy atom. The average Bonchev–Trinajstić information content (AvgIpc) is 2.32. The lowest BCUT2D eigenvalue weighted by Crippen LogP contribution is -2.36. The van der Waals surface area contributed by atoms with Gasteiger partial charge in [-0.2, -0.15) is 0 Å². The predicted octanol–water partition coefficient (Wildman–Crippen LogP) is 5.01.